The predicted octanol–water partition coefficient (Wildman–Crippen LogP) is -0.686. The number of hydrogen-bond acceptors (Lipinski definition) is 8. The number of anilines is 1. The average molecular weight is 343 g/mol. The van der Waals surface area contributed by atoms with Crippen LogP contribution in [0.5, 0.6) is 5.75 Å². The molecular formula is C16H25NO7. The second-order valence-electron chi connectivity index (χ2n) is 5.58. The molecular weight excluding hydrogens is 318 g/mol. The zero-order valence-corrected chi connectivity index (χ0v) is 13.5. The van der Waals surface area contributed by atoms with Gasteiger partial charge in [0.25, 0.3) is 0 Å². The van der Waals surface area contributed by atoms with E-state index in [-0.39, 0.29) is 6.61 Å². The Morgan fingerprint density at radius 1 is 1.08 bits per heavy atom. The van der Waals surface area contributed by atoms with Crippen LogP contribution >= 0.6 is 0 Å². The molecule has 0 amide bonds. The van der Waals surface area contributed by atoms with Gasteiger partial charge in [0.05, 0.1) is 20.3 Å². The van der Waals surface area contributed by atoms with Crippen LogP contribution in [0.25, 0.3) is 0 Å². The third-order valence-corrected chi connectivity index (χ3v) is 3.87. The molecule has 1 aliphatic heterocycles. The van der Waals surface area contributed by atoms with Crippen LogP contribution in [-0.4, -0.2) is 78.0 Å². The molecule has 1 aliphatic rings. The first-order chi connectivity index (χ1) is 11.6. The lowest BCUT2D eigenvalue weighted by Crippen LogP contribution is -2.59. The van der Waals surface area contributed by atoms with Crippen LogP contribution in [0.15, 0.2) is 24.3 Å². The summed E-state index contributed by atoms with van der Waals surface area (Å²) in [5.41, 5.74) is 0.948. The highest BCUT2D eigenvalue weighted by molar-refractivity contribution is 5.46. The summed E-state index contributed by atoms with van der Waals surface area (Å²) in [7, 11) is 1.61. The number of nitrogens with one attached hydrogen (secondary N) is 1. The van der Waals surface area contributed by atoms with Crippen molar-refractivity contribution in [3.63, 3.8) is 0 Å². The van der Waals surface area contributed by atoms with Crippen LogP contribution in [0.2, 0.25) is 0 Å². The van der Waals surface area contributed by atoms with Gasteiger partial charge < -0.3 is 40.0 Å². The summed E-state index contributed by atoms with van der Waals surface area (Å²) < 4.78 is 15.7. The minimum Gasteiger partial charge on any atom is -0.497 e. The molecule has 0 radical (unpaired) electrons. The molecule has 0 bridgehead atoms. The Kier molecular flexibility index (Phi) is 7.22. The van der Waals surface area contributed by atoms with Gasteiger partial charge in [0.15, 0.2) is 6.29 Å². The van der Waals surface area contributed by atoms with Gasteiger partial charge in [-0.15, -0.1) is 0 Å². The van der Waals surface area contributed by atoms with E-state index in [0.29, 0.717) is 13.0 Å². The number of methoxy groups -OCH3 is 1. The standard InChI is InChI=1S/C16H25NO7/c1-22-11-5-3-10(4-6-11)17-7-2-8-23-16-15(21)14(20)13(19)12(9-18)24-16/h3-6,12-21H,2,7-9H2,1H3/t12-,13-,14+,15-,16-/m1/s1. The molecule has 0 spiro atoms. The van der Waals surface area contributed by atoms with Crippen LogP contribution in [0.4, 0.5) is 5.69 Å². The normalized spacial score (nSPS) is 30.1. The zero-order valence-electron chi connectivity index (χ0n) is 13.5. The molecule has 1 aromatic rings. The molecule has 0 saturated carbocycles. The fourth-order valence-electron chi connectivity index (χ4n) is 2.42. The summed E-state index contributed by atoms with van der Waals surface area (Å²) in [6.45, 7) is 0.458. The molecule has 8 heteroatoms. The monoisotopic (exact) mass is 343 g/mol. The van der Waals surface area contributed by atoms with Crippen molar-refractivity contribution in [3.05, 3.63) is 24.3 Å². The van der Waals surface area contributed by atoms with E-state index in [2.05, 4.69) is 5.32 Å². The van der Waals surface area contributed by atoms with Crippen LogP contribution in [0.1, 0.15) is 6.42 Å². The molecule has 0 aromatic heterocycles. The summed E-state index contributed by atoms with van der Waals surface area (Å²) in [6.07, 6.45) is -5.55. The summed E-state index contributed by atoms with van der Waals surface area (Å²) in [5.74, 6) is 0.784. The van der Waals surface area contributed by atoms with E-state index >= 15 is 0 Å². The third-order valence-electron chi connectivity index (χ3n) is 3.87. The van der Waals surface area contributed by atoms with Gasteiger partial charge in [0.2, 0.25) is 0 Å². The van der Waals surface area contributed by atoms with Crippen molar-refractivity contribution < 1.29 is 34.6 Å². The molecule has 8 nitrogen and oxygen atoms in total. The first-order valence-corrected chi connectivity index (χ1v) is 7.87. The molecule has 0 aliphatic carbocycles. The van der Waals surface area contributed by atoms with Gasteiger partial charge in [-0.05, 0) is 30.7 Å². The minimum atomic E-state index is -1.42. The van der Waals surface area contributed by atoms with Crippen molar-refractivity contribution in [1.29, 1.82) is 0 Å². The van der Waals surface area contributed by atoms with Gasteiger partial charge in [0.1, 0.15) is 30.2 Å². The summed E-state index contributed by atoms with van der Waals surface area (Å²) >= 11 is 0. The lowest BCUT2D eigenvalue weighted by molar-refractivity contribution is -0.301. The topological polar surface area (TPSA) is 121 Å². The molecule has 5 atom stereocenters. The third kappa shape index (κ3) is 4.79. The fourth-order valence-corrected chi connectivity index (χ4v) is 2.42. The van der Waals surface area contributed by atoms with Gasteiger partial charge in [0, 0.05) is 12.2 Å². The smallest absolute Gasteiger partial charge is 0.186 e. The molecule has 1 heterocycles. The van der Waals surface area contributed by atoms with Crippen molar-refractivity contribution in [1.82, 2.24) is 0 Å². The van der Waals surface area contributed by atoms with E-state index in [1.54, 1.807) is 7.11 Å². The Labute approximate surface area is 140 Å². The van der Waals surface area contributed by atoms with Crippen molar-refractivity contribution in [2.75, 3.05) is 32.2 Å². The maximum Gasteiger partial charge on any atom is 0.186 e. The molecule has 5 N–H and O–H groups in total. The fraction of sp³-hybridized carbons (Fsp3) is 0.625. The summed E-state index contributed by atoms with van der Waals surface area (Å²) in [6, 6.07) is 7.51. The van der Waals surface area contributed by atoms with Gasteiger partial charge in [-0.25, -0.2) is 0 Å². The Morgan fingerprint density at radius 2 is 1.79 bits per heavy atom. The van der Waals surface area contributed by atoms with E-state index in [4.69, 9.17) is 19.3 Å². The Hall–Kier alpha value is -1.42. The number of aliphatic hydroxyl groups is 4. The number of ether oxygens (including phenoxy) is 3. The average Bonchev–Trinajstić information content (AvgIpc) is 2.61. The first kappa shape index (κ1) is 18.9. The SMILES string of the molecule is COc1ccc(NCCCO[C@@H]2O[C@H](CO)[C@@H](O)[C@H](O)[C@H]2O)cc1. The van der Waals surface area contributed by atoms with Crippen LogP contribution in [0.3, 0.4) is 0 Å². The highest BCUT2D eigenvalue weighted by Crippen LogP contribution is 2.22. The molecule has 1 fully saturated rings. The molecule has 2 rings (SSSR count). The molecule has 0 unspecified atom stereocenters. The van der Waals surface area contributed by atoms with Crippen LogP contribution in [-0.2, 0) is 9.47 Å². The van der Waals surface area contributed by atoms with Crippen molar-refractivity contribution in [3.8, 4) is 5.75 Å². The molecule has 1 saturated heterocycles. The number of benzene rings is 1. The minimum absolute atomic E-state index is 0.284. The Bertz CT molecular complexity index is 482. The first-order valence-electron chi connectivity index (χ1n) is 7.87. The number of hydrogen-bond donors (Lipinski definition) is 5. The summed E-state index contributed by atoms with van der Waals surface area (Å²) in [4.78, 5) is 0. The van der Waals surface area contributed by atoms with Gasteiger partial charge in [-0.3, -0.25) is 0 Å². The zero-order chi connectivity index (χ0) is 17.5. The van der Waals surface area contributed by atoms with Crippen LogP contribution < -0.4 is 10.1 Å². The van der Waals surface area contributed by atoms with Gasteiger partial charge in [-0.2, -0.15) is 0 Å². The maximum atomic E-state index is 9.84. The van der Waals surface area contributed by atoms with Gasteiger partial charge >= 0.3 is 0 Å². The molecule has 136 valence electrons. The van der Waals surface area contributed by atoms with E-state index in [9.17, 15) is 15.3 Å². The van der Waals surface area contributed by atoms with Crippen LogP contribution in [0, 0.1) is 0 Å². The number of rotatable bonds is 8. The van der Waals surface area contributed by atoms with Crippen molar-refractivity contribution in [2.24, 2.45) is 0 Å². The second-order valence-corrected chi connectivity index (χ2v) is 5.58. The largest absolute Gasteiger partial charge is 0.497 e. The second kappa shape index (κ2) is 9.16. The Morgan fingerprint density at radius 3 is 2.42 bits per heavy atom. The predicted molar refractivity (Wildman–Crippen MR) is 85.8 cm³/mol. The Balaban J connectivity index is 1.69. The van der Waals surface area contributed by atoms with Crippen molar-refractivity contribution >= 4 is 5.69 Å². The van der Waals surface area contributed by atoms with Crippen molar-refractivity contribution in [2.45, 2.75) is 37.1 Å². The van der Waals surface area contributed by atoms with E-state index in [1.807, 2.05) is 24.3 Å². The lowest BCUT2D eigenvalue weighted by atomic mass is 9.99. The highest BCUT2D eigenvalue weighted by atomic mass is 16.7. The lowest BCUT2D eigenvalue weighted by Gasteiger charge is -2.39. The molecule has 24 heavy (non-hydrogen) atoms. The maximum absolute atomic E-state index is 9.84. The van der Waals surface area contributed by atoms with Gasteiger partial charge in [-0.1, -0.05) is 0 Å². The van der Waals surface area contributed by atoms with E-state index in [1.165, 1.54) is 0 Å². The highest BCUT2D eigenvalue weighted by Gasteiger charge is 2.43. The number of aliphatic hydroxyl groups excluding tert-OH is 4. The van der Waals surface area contributed by atoms with E-state index in [0.717, 1.165) is 11.4 Å². The van der Waals surface area contributed by atoms with E-state index < -0.39 is 37.3 Å². The molecule has 1 aromatic carbocycles. The summed E-state index contributed by atoms with van der Waals surface area (Å²) in [5, 5.41) is 41.5. The quantitative estimate of drug-likeness (QED) is 0.394.